The molecule has 0 heterocycles. The van der Waals surface area contributed by atoms with Gasteiger partial charge in [-0.2, -0.15) is 0 Å². The average Bonchev–Trinajstić information content (AvgIpc) is 2.47. The summed E-state index contributed by atoms with van der Waals surface area (Å²) >= 11 is 0. The summed E-state index contributed by atoms with van der Waals surface area (Å²) in [4.78, 5) is 15.4. The maximum absolute atomic E-state index is 11.3. The van der Waals surface area contributed by atoms with Gasteiger partial charge in [-0.1, -0.05) is 19.1 Å². The van der Waals surface area contributed by atoms with Gasteiger partial charge in [0.15, 0.2) is 5.96 Å². The second kappa shape index (κ2) is 8.13. The van der Waals surface area contributed by atoms with Crippen molar-refractivity contribution in [2.45, 2.75) is 19.9 Å². The Labute approximate surface area is 114 Å². The van der Waals surface area contributed by atoms with Crippen LogP contribution >= 0.6 is 0 Å². The molecule has 1 aromatic rings. The largest absolute Gasteiger partial charge is 0.465 e. The van der Waals surface area contributed by atoms with E-state index in [1.165, 1.54) is 7.11 Å². The van der Waals surface area contributed by atoms with Gasteiger partial charge in [-0.05, 0) is 24.1 Å². The van der Waals surface area contributed by atoms with E-state index in [2.05, 4.69) is 27.3 Å². The van der Waals surface area contributed by atoms with Crippen molar-refractivity contribution in [3.8, 4) is 0 Å². The summed E-state index contributed by atoms with van der Waals surface area (Å²) in [6.07, 6.45) is 1.05. The summed E-state index contributed by atoms with van der Waals surface area (Å²) in [7, 11) is 3.12. The average molecular weight is 263 g/mol. The lowest BCUT2D eigenvalue weighted by molar-refractivity contribution is 0.0600. The number of aliphatic imine (C=N–C) groups is 1. The Balaban J connectivity index is 2.51. The SMILES string of the molecule is CCCNC(=NC)NCc1ccc(C(=O)OC)cc1. The Morgan fingerprint density at radius 2 is 1.95 bits per heavy atom. The van der Waals surface area contributed by atoms with Gasteiger partial charge < -0.3 is 15.4 Å². The molecule has 5 heteroatoms. The Kier molecular flexibility index (Phi) is 6.43. The monoisotopic (exact) mass is 263 g/mol. The maximum Gasteiger partial charge on any atom is 0.337 e. The Bertz CT molecular complexity index is 427. The van der Waals surface area contributed by atoms with Gasteiger partial charge in [0.1, 0.15) is 0 Å². The zero-order chi connectivity index (χ0) is 14.1. The molecule has 0 unspecified atom stereocenters. The van der Waals surface area contributed by atoms with Crippen LogP contribution in [0.3, 0.4) is 0 Å². The molecular formula is C14H21N3O2. The number of guanidine groups is 1. The highest BCUT2D eigenvalue weighted by Gasteiger charge is 2.04. The first-order valence-electron chi connectivity index (χ1n) is 6.33. The van der Waals surface area contributed by atoms with Crippen molar-refractivity contribution in [1.82, 2.24) is 10.6 Å². The molecule has 0 atom stereocenters. The highest BCUT2D eigenvalue weighted by molar-refractivity contribution is 5.89. The molecule has 0 bridgehead atoms. The van der Waals surface area contributed by atoms with Crippen molar-refractivity contribution in [3.05, 3.63) is 35.4 Å². The first-order chi connectivity index (χ1) is 9.21. The third kappa shape index (κ3) is 4.99. The molecule has 0 saturated heterocycles. The highest BCUT2D eigenvalue weighted by Crippen LogP contribution is 2.05. The van der Waals surface area contributed by atoms with Gasteiger partial charge in [0.25, 0.3) is 0 Å². The molecule has 0 saturated carbocycles. The molecule has 1 rings (SSSR count). The number of ether oxygens (including phenoxy) is 1. The molecule has 0 aliphatic rings. The van der Waals surface area contributed by atoms with Gasteiger partial charge in [-0.25, -0.2) is 4.79 Å². The Morgan fingerprint density at radius 3 is 2.47 bits per heavy atom. The predicted molar refractivity (Wildman–Crippen MR) is 76.3 cm³/mol. The summed E-state index contributed by atoms with van der Waals surface area (Å²) in [5.74, 6) is 0.457. The fraction of sp³-hybridized carbons (Fsp3) is 0.429. The molecule has 0 spiro atoms. The van der Waals surface area contributed by atoms with Crippen LogP contribution in [0.4, 0.5) is 0 Å². The van der Waals surface area contributed by atoms with E-state index >= 15 is 0 Å². The van der Waals surface area contributed by atoms with Crippen molar-refractivity contribution in [2.24, 2.45) is 4.99 Å². The van der Waals surface area contributed by atoms with E-state index < -0.39 is 0 Å². The van der Waals surface area contributed by atoms with E-state index in [4.69, 9.17) is 0 Å². The van der Waals surface area contributed by atoms with Crippen molar-refractivity contribution in [3.63, 3.8) is 0 Å². The number of hydrogen-bond donors (Lipinski definition) is 2. The second-order valence-corrected chi connectivity index (χ2v) is 4.04. The van der Waals surface area contributed by atoms with E-state index in [0.717, 1.165) is 24.5 Å². The van der Waals surface area contributed by atoms with Crippen LogP contribution < -0.4 is 10.6 Å². The summed E-state index contributed by atoms with van der Waals surface area (Å²) in [6, 6.07) is 7.30. The third-order valence-corrected chi connectivity index (χ3v) is 2.60. The zero-order valence-electron chi connectivity index (χ0n) is 11.7. The van der Waals surface area contributed by atoms with Gasteiger partial charge in [0, 0.05) is 20.1 Å². The number of rotatable bonds is 5. The van der Waals surface area contributed by atoms with Crippen molar-refractivity contribution < 1.29 is 9.53 Å². The van der Waals surface area contributed by atoms with Gasteiger partial charge in [-0.15, -0.1) is 0 Å². The molecule has 0 fully saturated rings. The number of carbonyl (C=O) groups is 1. The number of hydrogen-bond acceptors (Lipinski definition) is 3. The van der Waals surface area contributed by atoms with Crippen molar-refractivity contribution >= 4 is 11.9 Å². The maximum atomic E-state index is 11.3. The molecule has 104 valence electrons. The van der Waals surface area contributed by atoms with Gasteiger partial charge >= 0.3 is 5.97 Å². The zero-order valence-corrected chi connectivity index (χ0v) is 11.7. The summed E-state index contributed by atoms with van der Waals surface area (Å²) in [5.41, 5.74) is 1.63. The number of benzene rings is 1. The van der Waals surface area contributed by atoms with Crippen molar-refractivity contribution in [2.75, 3.05) is 20.7 Å². The van der Waals surface area contributed by atoms with Crippen LogP contribution in [0, 0.1) is 0 Å². The van der Waals surface area contributed by atoms with Crippen LogP contribution in [0.15, 0.2) is 29.3 Å². The molecule has 5 nitrogen and oxygen atoms in total. The number of methoxy groups -OCH3 is 1. The van der Waals surface area contributed by atoms with Crippen molar-refractivity contribution in [1.29, 1.82) is 0 Å². The lowest BCUT2D eigenvalue weighted by atomic mass is 10.1. The normalized spacial score (nSPS) is 11.0. The van der Waals surface area contributed by atoms with Gasteiger partial charge in [0.05, 0.1) is 12.7 Å². The van der Waals surface area contributed by atoms with Crippen LogP contribution in [-0.2, 0) is 11.3 Å². The van der Waals surface area contributed by atoms with E-state index in [0.29, 0.717) is 12.1 Å². The van der Waals surface area contributed by atoms with Crippen LogP contribution in [0.2, 0.25) is 0 Å². The minimum Gasteiger partial charge on any atom is -0.465 e. The number of carbonyl (C=O) groups excluding carboxylic acids is 1. The molecule has 19 heavy (non-hydrogen) atoms. The molecule has 0 aliphatic carbocycles. The Hall–Kier alpha value is -2.04. The quantitative estimate of drug-likeness (QED) is 0.480. The fourth-order valence-electron chi connectivity index (χ4n) is 1.53. The van der Waals surface area contributed by atoms with E-state index in [1.54, 1.807) is 19.2 Å². The Morgan fingerprint density at radius 1 is 1.26 bits per heavy atom. The lowest BCUT2D eigenvalue weighted by Crippen LogP contribution is -2.37. The van der Waals surface area contributed by atoms with Crippen LogP contribution in [0.5, 0.6) is 0 Å². The number of esters is 1. The first kappa shape index (κ1) is 15.0. The molecule has 0 aromatic heterocycles. The summed E-state index contributed by atoms with van der Waals surface area (Å²) in [6.45, 7) is 3.65. The smallest absolute Gasteiger partial charge is 0.337 e. The van der Waals surface area contributed by atoms with E-state index in [-0.39, 0.29) is 5.97 Å². The summed E-state index contributed by atoms with van der Waals surface area (Å²) < 4.78 is 4.65. The van der Waals surface area contributed by atoms with Crippen LogP contribution in [-0.4, -0.2) is 32.6 Å². The fourth-order valence-corrected chi connectivity index (χ4v) is 1.53. The van der Waals surface area contributed by atoms with Crippen LogP contribution in [0.25, 0.3) is 0 Å². The van der Waals surface area contributed by atoms with Gasteiger partial charge in [0.2, 0.25) is 0 Å². The first-order valence-corrected chi connectivity index (χ1v) is 6.33. The minimum atomic E-state index is -0.320. The van der Waals surface area contributed by atoms with E-state index in [9.17, 15) is 4.79 Å². The predicted octanol–water partition coefficient (Wildman–Crippen LogP) is 1.55. The third-order valence-electron chi connectivity index (χ3n) is 2.60. The topological polar surface area (TPSA) is 62.7 Å². The molecule has 0 amide bonds. The number of nitrogens with zero attached hydrogens (tertiary/aromatic N) is 1. The molecule has 1 aromatic carbocycles. The van der Waals surface area contributed by atoms with Gasteiger partial charge in [-0.3, -0.25) is 4.99 Å². The van der Waals surface area contributed by atoms with E-state index in [1.807, 2.05) is 12.1 Å². The second-order valence-electron chi connectivity index (χ2n) is 4.04. The summed E-state index contributed by atoms with van der Waals surface area (Å²) in [5, 5.41) is 6.40. The molecule has 2 N–H and O–H groups in total. The molecular weight excluding hydrogens is 242 g/mol. The molecule has 0 radical (unpaired) electrons. The number of nitrogens with one attached hydrogen (secondary N) is 2. The standard InChI is InChI=1S/C14H21N3O2/c1-4-9-16-14(15-2)17-10-11-5-7-12(8-6-11)13(18)19-3/h5-8H,4,9-10H2,1-3H3,(H2,15,16,17). The lowest BCUT2D eigenvalue weighted by Gasteiger charge is -2.11. The highest BCUT2D eigenvalue weighted by atomic mass is 16.5. The molecule has 0 aliphatic heterocycles. The minimum absolute atomic E-state index is 0.320. The van der Waals surface area contributed by atoms with Crippen LogP contribution in [0.1, 0.15) is 29.3 Å².